The van der Waals surface area contributed by atoms with Crippen molar-refractivity contribution in [2.75, 3.05) is 25.0 Å². The van der Waals surface area contributed by atoms with Crippen LogP contribution in [-0.2, 0) is 11.2 Å². The molecule has 126 valence electrons. The molecule has 3 rings (SSSR count). The van der Waals surface area contributed by atoms with Crippen LogP contribution in [0.4, 0.5) is 5.82 Å². The fraction of sp³-hybridized carbons (Fsp3) is 0.368. The number of hydrogen-bond donors (Lipinski definition) is 1. The Bertz CT molecular complexity index is 652. The van der Waals surface area contributed by atoms with Crippen LogP contribution in [0.2, 0.25) is 5.02 Å². The van der Waals surface area contributed by atoms with E-state index in [4.69, 9.17) is 11.6 Å². The average molecular weight is 344 g/mol. The zero-order valence-corrected chi connectivity index (χ0v) is 14.4. The van der Waals surface area contributed by atoms with Crippen LogP contribution in [0.25, 0.3) is 0 Å². The summed E-state index contributed by atoms with van der Waals surface area (Å²) in [5.41, 5.74) is 1.41. The van der Waals surface area contributed by atoms with Crippen LogP contribution in [0.15, 0.2) is 48.7 Å². The van der Waals surface area contributed by atoms with E-state index in [9.17, 15) is 4.79 Å². The van der Waals surface area contributed by atoms with Crippen molar-refractivity contribution in [2.24, 2.45) is 5.92 Å². The Hall–Kier alpha value is -1.91. The second-order valence-electron chi connectivity index (χ2n) is 6.32. The van der Waals surface area contributed by atoms with Crippen LogP contribution in [-0.4, -0.2) is 35.4 Å². The number of benzene rings is 1. The maximum atomic E-state index is 12.1. The number of nitrogens with zero attached hydrogens (tertiary/aromatic N) is 2. The topological polar surface area (TPSA) is 45.2 Å². The smallest absolute Gasteiger partial charge is 0.239 e. The fourth-order valence-corrected chi connectivity index (χ4v) is 3.24. The van der Waals surface area contributed by atoms with E-state index in [1.165, 1.54) is 11.8 Å². The van der Waals surface area contributed by atoms with Crippen molar-refractivity contribution < 1.29 is 4.79 Å². The first kappa shape index (κ1) is 16.9. The molecule has 0 bridgehead atoms. The number of carbonyl (C=O) groups is 1. The number of likely N-dealkylation sites (tertiary alicyclic amines) is 1. The Morgan fingerprint density at radius 1 is 1.17 bits per heavy atom. The summed E-state index contributed by atoms with van der Waals surface area (Å²) >= 11 is 5.79. The van der Waals surface area contributed by atoms with E-state index >= 15 is 0 Å². The zero-order chi connectivity index (χ0) is 16.8. The fourth-order valence-electron chi connectivity index (χ4n) is 3.13. The number of rotatable bonds is 5. The number of carbonyl (C=O) groups excluding carboxylic acids is 1. The van der Waals surface area contributed by atoms with Gasteiger partial charge in [-0.2, -0.15) is 0 Å². The van der Waals surface area contributed by atoms with Gasteiger partial charge in [0.2, 0.25) is 5.91 Å². The Kier molecular flexibility index (Phi) is 5.83. The minimum absolute atomic E-state index is 0.0219. The Balaban J connectivity index is 1.41. The van der Waals surface area contributed by atoms with Crippen molar-refractivity contribution in [3.63, 3.8) is 0 Å². The molecule has 1 aromatic carbocycles. The lowest BCUT2D eigenvalue weighted by molar-refractivity contribution is -0.117. The van der Waals surface area contributed by atoms with E-state index in [2.05, 4.69) is 45.5 Å². The molecule has 0 aliphatic carbocycles. The normalized spacial score (nSPS) is 16.0. The van der Waals surface area contributed by atoms with Gasteiger partial charge < -0.3 is 5.32 Å². The van der Waals surface area contributed by atoms with Crippen molar-refractivity contribution in [3.05, 3.63) is 59.2 Å². The second-order valence-corrected chi connectivity index (χ2v) is 6.76. The number of nitrogens with one attached hydrogen (secondary N) is 1. The van der Waals surface area contributed by atoms with Crippen molar-refractivity contribution in [1.82, 2.24) is 9.88 Å². The molecule has 0 radical (unpaired) electrons. The molecule has 1 N–H and O–H groups in total. The van der Waals surface area contributed by atoms with Gasteiger partial charge in [-0.25, -0.2) is 4.98 Å². The Morgan fingerprint density at radius 2 is 1.92 bits per heavy atom. The zero-order valence-electron chi connectivity index (χ0n) is 13.6. The highest BCUT2D eigenvalue weighted by Crippen LogP contribution is 2.21. The minimum Gasteiger partial charge on any atom is -0.310 e. The largest absolute Gasteiger partial charge is 0.310 e. The van der Waals surface area contributed by atoms with Gasteiger partial charge in [-0.15, -0.1) is 0 Å². The predicted octanol–water partition coefficient (Wildman–Crippen LogP) is 3.63. The first-order valence-corrected chi connectivity index (χ1v) is 8.74. The molecule has 5 heteroatoms. The summed E-state index contributed by atoms with van der Waals surface area (Å²) in [6, 6.07) is 14.1. The van der Waals surface area contributed by atoms with Crippen molar-refractivity contribution >= 4 is 23.3 Å². The predicted molar refractivity (Wildman–Crippen MR) is 97.2 cm³/mol. The summed E-state index contributed by atoms with van der Waals surface area (Å²) in [5, 5.41) is 3.38. The summed E-state index contributed by atoms with van der Waals surface area (Å²) < 4.78 is 0. The molecule has 1 aliphatic heterocycles. The summed E-state index contributed by atoms with van der Waals surface area (Å²) in [7, 11) is 0. The standard InChI is InChI=1S/C19H22ClN3O/c20-17-6-7-18(21-13-17)22-19(24)14-23-10-8-16(9-11-23)12-15-4-2-1-3-5-15/h1-7,13,16H,8-12,14H2,(H,21,22,24). The van der Waals surface area contributed by atoms with Crippen LogP contribution in [0.3, 0.4) is 0 Å². The molecule has 1 amide bonds. The highest BCUT2D eigenvalue weighted by molar-refractivity contribution is 6.30. The van der Waals surface area contributed by atoms with Gasteiger partial charge in [0.25, 0.3) is 0 Å². The van der Waals surface area contributed by atoms with Crippen LogP contribution in [0.5, 0.6) is 0 Å². The van der Waals surface area contributed by atoms with Gasteiger partial charge in [0.05, 0.1) is 11.6 Å². The average Bonchev–Trinajstić information content (AvgIpc) is 2.60. The highest BCUT2D eigenvalue weighted by Gasteiger charge is 2.21. The third kappa shape index (κ3) is 5.05. The Labute approximate surface area is 147 Å². The minimum atomic E-state index is -0.0219. The van der Waals surface area contributed by atoms with Gasteiger partial charge in [0.15, 0.2) is 0 Å². The van der Waals surface area contributed by atoms with E-state index in [0.717, 1.165) is 32.4 Å². The van der Waals surface area contributed by atoms with Gasteiger partial charge >= 0.3 is 0 Å². The molecule has 1 fully saturated rings. The lowest BCUT2D eigenvalue weighted by Crippen LogP contribution is -2.39. The third-order valence-corrected chi connectivity index (χ3v) is 4.66. The molecule has 1 saturated heterocycles. The van der Waals surface area contributed by atoms with Gasteiger partial charge in [-0.3, -0.25) is 9.69 Å². The van der Waals surface area contributed by atoms with Gasteiger partial charge in [-0.1, -0.05) is 41.9 Å². The van der Waals surface area contributed by atoms with Crippen molar-refractivity contribution in [3.8, 4) is 0 Å². The van der Waals surface area contributed by atoms with Crippen LogP contribution in [0.1, 0.15) is 18.4 Å². The molecule has 0 atom stereocenters. The van der Waals surface area contributed by atoms with Crippen LogP contribution >= 0.6 is 11.6 Å². The monoisotopic (exact) mass is 343 g/mol. The molecule has 0 spiro atoms. The van der Waals surface area contributed by atoms with Gasteiger partial charge in [0, 0.05) is 6.20 Å². The first-order chi connectivity index (χ1) is 11.7. The molecule has 24 heavy (non-hydrogen) atoms. The summed E-state index contributed by atoms with van der Waals surface area (Å²) in [4.78, 5) is 18.4. The SMILES string of the molecule is O=C(CN1CCC(Cc2ccccc2)CC1)Nc1ccc(Cl)cn1. The number of hydrogen-bond acceptors (Lipinski definition) is 3. The summed E-state index contributed by atoms with van der Waals surface area (Å²) in [5.74, 6) is 1.24. The number of halogens is 1. The number of anilines is 1. The first-order valence-electron chi connectivity index (χ1n) is 8.37. The van der Waals surface area contributed by atoms with Crippen LogP contribution in [0, 0.1) is 5.92 Å². The van der Waals surface area contributed by atoms with E-state index < -0.39 is 0 Å². The number of piperidine rings is 1. The van der Waals surface area contributed by atoms with Gasteiger partial charge in [-0.05, 0) is 56.0 Å². The molecule has 2 aromatic rings. The lowest BCUT2D eigenvalue weighted by atomic mass is 9.90. The van der Waals surface area contributed by atoms with E-state index in [-0.39, 0.29) is 5.91 Å². The molecule has 1 aliphatic rings. The molecule has 0 unspecified atom stereocenters. The number of pyridine rings is 1. The van der Waals surface area contributed by atoms with Gasteiger partial charge in [0.1, 0.15) is 5.82 Å². The van der Waals surface area contributed by atoms with Crippen LogP contribution < -0.4 is 5.32 Å². The molecular formula is C19H22ClN3O. The Morgan fingerprint density at radius 3 is 2.58 bits per heavy atom. The third-order valence-electron chi connectivity index (χ3n) is 4.44. The molecule has 2 heterocycles. The molecule has 1 aromatic heterocycles. The summed E-state index contributed by atoms with van der Waals surface area (Å²) in [6.45, 7) is 2.36. The lowest BCUT2D eigenvalue weighted by Gasteiger charge is -2.31. The maximum absolute atomic E-state index is 12.1. The van der Waals surface area contributed by atoms with E-state index in [0.29, 0.717) is 23.3 Å². The van der Waals surface area contributed by atoms with Crippen molar-refractivity contribution in [2.45, 2.75) is 19.3 Å². The molecule has 4 nitrogen and oxygen atoms in total. The maximum Gasteiger partial charge on any atom is 0.239 e. The molecule has 0 saturated carbocycles. The van der Waals surface area contributed by atoms with E-state index in [1.807, 2.05) is 0 Å². The van der Waals surface area contributed by atoms with E-state index in [1.54, 1.807) is 12.1 Å². The summed E-state index contributed by atoms with van der Waals surface area (Å²) in [6.07, 6.45) is 4.95. The van der Waals surface area contributed by atoms with Crippen molar-refractivity contribution in [1.29, 1.82) is 0 Å². The quantitative estimate of drug-likeness (QED) is 0.901. The number of aromatic nitrogens is 1. The number of amides is 1. The second kappa shape index (κ2) is 8.27. The molecular weight excluding hydrogens is 322 g/mol. The highest BCUT2D eigenvalue weighted by atomic mass is 35.5.